The van der Waals surface area contributed by atoms with Crippen LogP contribution in [-0.2, 0) is 0 Å². The number of nitrogens with zero attached hydrogens (tertiary/aromatic N) is 1. The maximum absolute atomic E-state index is 12.2. The number of fused-ring (bicyclic) bond motifs is 1. The van der Waals surface area contributed by atoms with E-state index in [9.17, 15) is 9.59 Å². The summed E-state index contributed by atoms with van der Waals surface area (Å²) in [7, 11) is 0. The Morgan fingerprint density at radius 3 is 2.48 bits per heavy atom. The molecule has 4 N–H and O–H groups in total. The quantitative estimate of drug-likeness (QED) is 0.683. The highest BCUT2D eigenvalue weighted by molar-refractivity contribution is 6.11. The van der Waals surface area contributed by atoms with E-state index in [2.05, 4.69) is 15.5 Å². The highest BCUT2D eigenvalue weighted by Crippen LogP contribution is 2.17. The van der Waals surface area contributed by atoms with Crippen molar-refractivity contribution in [2.75, 3.05) is 5.32 Å². The molecule has 0 bridgehead atoms. The number of anilines is 1. The van der Waals surface area contributed by atoms with Crippen molar-refractivity contribution in [3.05, 3.63) is 59.8 Å². The smallest absolute Gasteiger partial charge is 0.276 e. The summed E-state index contributed by atoms with van der Waals surface area (Å²) in [4.78, 5) is 23.2. The Balaban J connectivity index is 1.84. The zero-order chi connectivity index (χ0) is 14.8. The number of aromatic amines is 1. The largest absolute Gasteiger partial charge is 0.366 e. The van der Waals surface area contributed by atoms with E-state index < -0.39 is 5.91 Å². The van der Waals surface area contributed by atoms with E-state index in [-0.39, 0.29) is 5.91 Å². The third-order valence-electron chi connectivity index (χ3n) is 3.11. The van der Waals surface area contributed by atoms with Crippen LogP contribution in [0.4, 0.5) is 5.69 Å². The summed E-state index contributed by atoms with van der Waals surface area (Å²) in [6.07, 6.45) is 0. The molecule has 1 aromatic heterocycles. The van der Waals surface area contributed by atoms with Crippen LogP contribution in [0.1, 0.15) is 20.8 Å². The molecule has 3 rings (SSSR count). The van der Waals surface area contributed by atoms with Crippen molar-refractivity contribution in [3.8, 4) is 0 Å². The number of hydrogen-bond donors (Lipinski definition) is 3. The molecule has 0 fully saturated rings. The zero-order valence-corrected chi connectivity index (χ0v) is 11.0. The first-order valence-electron chi connectivity index (χ1n) is 6.29. The van der Waals surface area contributed by atoms with Crippen molar-refractivity contribution in [1.82, 2.24) is 10.2 Å². The van der Waals surface area contributed by atoms with E-state index >= 15 is 0 Å². The van der Waals surface area contributed by atoms with Crippen molar-refractivity contribution in [1.29, 1.82) is 0 Å². The number of rotatable bonds is 3. The van der Waals surface area contributed by atoms with Crippen LogP contribution in [-0.4, -0.2) is 22.0 Å². The lowest BCUT2D eigenvalue weighted by Crippen LogP contribution is -2.14. The number of aromatic nitrogens is 2. The van der Waals surface area contributed by atoms with Gasteiger partial charge in [-0.1, -0.05) is 18.2 Å². The fourth-order valence-electron chi connectivity index (χ4n) is 2.04. The van der Waals surface area contributed by atoms with Crippen molar-refractivity contribution < 1.29 is 9.59 Å². The van der Waals surface area contributed by atoms with Crippen LogP contribution in [0.2, 0.25) is 0 Å². The van der Waals surface area contributed by atoms with E-state index in [1.807, 2.05) is 24.3 Å². The summed E-state index contributed by atoms with van der Waals surface area (Å²) in [5.74, 6) is -0.828. The number of H-pyrrole nitrogens is 1. The Kier molecular flexibility index (Phi) is 3.12. The van der Waals surface area contributed by atoms with Crippen LogP contribution >= 0.6 is 0 Å². The molecule has 0 unspecified atom stereocenters. The van der Waals surface area contributed by atoms with E-state index in [1.165, 1.54) is 0 Å². The van der Waals surface area contributed by atoms with Gasteiger partial charge in [0, 0.05) is 16.6 Å². The SMILES string of the molecule is NC(=O)c1ccc(NC(=O)c2n[nH]c3ccccc23)cc1. The maximum atomic E-state index is 12.2. The second kappa shape index (κ2) is 5.09. The molecule has 0 saturated heterocycles. The number of nitrogens with two attached hydrogens (primary N) is 1. The van der Waals surface area contributed by atoms with Gasteiger partial charge in [0.25, 0.3) is 5.91 Å². The zero-order valence-electron chi connectivity index (χ0n) is 11.0. The molecule has 21 heavy (non-hydrogen) atoms. The standard InChI is InChI=1S/C15H12N4O2/c16-14(20)9-5-7-10(8-6-9)17-15(21)13-11-3-1-2-4-12(11)18-19-13/h1-8H,(H2,16,20)(H,17,21)(H,18,19). The van der Waals surface area contributed by atoms with Gasteiger partial charge in [-0.25, -0.2) is 0 Å². The molecule has 0 aliphatic rings. The summed E-state index contributed by atoms with van der Waals surface area (Å²) in [6, 6.07) is 13.7. The van der Waals surface area contributed by atoms with Gasteiger partial charge in [-0.15, -0.1) is 0 Å². The third kappa shape index (κ3) is 2.46. The molecule has 2 amide bonds. The van der Waals surface area contributed by atoms with Crippen molar-refractivity contribution in [2.45, 2.75) is 0 Å². The topological polar surface area (TPSA) is 101 Å². The monoisotopic (exact) mass is 280 g/mol. The fraction of sp³-hybridized carbons (Fsp3) is 0. The predicted molar refractivity (Wildman–Crippen MR) is 79.0 cm³/mol. The molecule has 0 aliphatic heterocycles. The normalized spacial score (nSPS) is 10.5. The minimum absolute atomic E-state index is 0.320. The van der Waals surface area contributed by atoms with Gasteiger partial charge in [0.05, 0.1) is 5.52 Å². The molecule has 2 aromatic carbocycles. The van der Waals surface area contributed by atoms with Crippen molar-refractivity contribution in [2.24, 2.45) is 5.73 Å². The van der Waals surface area contributed by atoms with Gasteiger partial charge in [0.2, 0.25) is 5.91 Å². The molecule has 0 radical (unpaired) electrons. The Bertz CT molecular complexity index is 821. The molecule has 0 aliphatic carbocycles. The first-order chi connectivity index (χ1) is 10.1. The lowest BCUT2D eigenvalue weighted by atomic mass is 10.2. The third-order valence-corrected chi connectivity index (χ3v) is 3.11. The van der Waals surface area contributed by atoms with Crippen LogP contribution in [0.5, 0.6) is 0 Å². The number of para-hydroxylation sites is 1. The fourth-order valence-corrected chi connectivity index (χ4v) is 2.04. The van der Waals surface area contributed by atoms with Gasteiger partial charge < -0.3 is 11.1 Å². The average molecular weight is 280 g/mol. The van der Waals surface area contributed by atoms with Crippen LogP contribution in [0.25, 0.3) is 10.9 Å². The summed E-state index contributed by atoms with van der Waals surface area (Å²) < 4.78 is 0. The summed E-state index contributed by atoms with van der Waals surface area (Å²) in [6.45, 7) is 0. The highest BCUT2D eigenvalue weighted by atomic mass is 16.2. The molecule has 6 heteroatoms. The first kappa shape index (κ1) is 12.9. The molecule has 1 heterocycles. The summed E-state index contributed by atoms with van der Waals surface area (Å²) >= 11 is 0. The Labute approximate surface area is 120 Å². The number of carbonyl (C=O) groups excluding carboxylic acids is 2. The molecule has 0 atom stereocenters. The first-order valence-corrected chi connectivity index (χ1v) is 6.29. The van der Waals surface area contributed by atoms with Crippen molar-refractivity contribution in [3.63, 3.8) is 0 Å². The summed E-state index contributed by atoms with van der Waals surface area (Å²) in [5.41, 5.74) is 7.24. The van der Waals surface area contributed by atoms with E-state index in [4.69, 9.17) is 5.73 Å². The number of carbonyl (C=O) groups is 2. The Hall–Kier alpha value is -3.15. The average Bonchev–Trinajstić information content (AvgIpc) is 2.92. The van der Waals surface area contributed by atoms with Gasteiger partial charge in [-0.05, 0) is 30.3 Å². The number of benzene rings is 2. The molecule has 3 aromatic rings. The van der Waals surface area contributed by atoms with Gasteiger partial charge in [0.1, 0.15) is 0 Å². The second-order valence-electron chi connectivity index (χ2n) is 4.51. The molecule has 0 spiro atoms. The van der Waals surface area contributed by atoms with Crippen molar-refractivity contribution >= 4 is 28.4 Å². The number of primary amides is 1. The van der Waals surface area contributed by atoms with Crippen LogP contribution < -0.4 is 11.1 Å². The lowest BCUT2D eigenvalue weighted by molar-refractivity contribution is 0.0998. The number of nitrogens with one attached hydrogen (secondary N) is 2. The number of hydrogen-bond acceptors (Lipinski definition) is 3. The highest BCUT2D eigenvalue weighted by Gasteiger charge is 2.13. The van der Waals surface area contributed by atoms with Gasteiger partial charge >= 0.3 is 0 Å². The van der Waals surface area contributed by atoms with Crippen LogP contribution in [0, 0.1) is 0 Å². The van der Waals surface area contributed by atoms with Crippen LogP contribution in [0.15, 0.2) is 48.5 Å². The molecule has 0 saturated carbocycles. The van der Waals surface area contributed by atoms with Gasteiger partial charge in [-0.2, -0.15) is 5.10 Å². The second-order valence-corrected chi connectivity index (χ2v) is 4.51. The van der Waals surface area contributed by atoms with Crippen LogP contribution in [0.3, 0.4) is 0 Å². The molecule has 104 valence electrons. The van der Waals surface area contributed by atoms with E-state index in [0.717, 1.165) is 10.9 Å². The molecular formula is C15H12N4O2. The van der Waals surface area contributed by atoms with Gasteiger partial charge in [0.15, 0.2) is 5.69 Å². The molecule has 6 nitrogen and oxygen atoms in total. The minimum Gasteiger partial charge on any atom is -0.366 e. The minimum atomic E-state index is -0.508. The van der Waals surface area contributed by atoms with Gasteiger partial charge in [-0.3, -0.25) is 14.7 Å². The number of amides is 2. The maximum Gasteiger partial charge on any atom is 0.276 e. The van der Waals surface area contributed by atoms with E-state index in [1.54, 1.807) is 24.3 Å². The Morgan fingerprint density at radius 1 is 1.05 bits per heavy atom. The van der Waals surface area contributed by atoms with E-state index in [0.29, 0.717) is 16.9 Å². The Morgan fingerprint density at radius 2 is 1.76 bits per heavy atom. The predicted octanol–water partition coefficient (Wildman–Crippen LogP) is 1.91. The summed E-state index contributed by atoms with van der Waals surface area (Å²) in [5, 5.41) is 10.3. The molecular weight excluding hydrogens is 268 g/mol. The lowest BCUT2D eigenvalue weighted by Gasteiger charge is -2.04.